The lowest BCUT2D eigenvalue weighted by Crippen LogP contribution is -2.11. The van der Waals surface area contributed by atoms with Crippen LogP contribution < -0.4 is 4.74 Å². The second-order valence-electron chi connectivity index (χ2n) is 4.94. The molecule has 1 unspecified atom stereocenters. The topological polar surface area (TPSA) is 70.8 Å². The van der Waals surface area contributed by atoms with Crippen molar-refractivity contribution in [2.45, 2.75) is 20.0 Å². The molecule has 0 aliphatic carbocycles. The summed E-state index contributed by atoms with van der Waals surface area (Å²) in [6.07, 6.45) is 3.04. The van der Waals surface area contributed by atoms with Gasteiger partial charge in [0.2, 0.25) is 5.75 Å². The highest BCUT2D eigenvalue weighted by atomic mass is 79.9. The molecule has 1 fully saturated rings. The Morgan fingerprint density at radius 2 is 2.23 bits per heavy atom. The molecule has 0 amide bonds. The van der Waals surface area contributed by atoms with Crippen molar-refractivity contribution in [1.29, 1.82) is 0 Å². The van der Waals surface area contributed by atoms with Crippen LogP contribution in [-0.2, 0) is 4.74 Å². The van der Waals surface area contributed by atoms with Gasteiger partial charge >= 0.3 is 11.7 Å². The molecule has 0 aromatic carbocycles. The molecule has 1 aliphatic heterocycles. The number of hydrogen-bond donors (Lipinski definition) is 1. The predicted octanol–water partition coefficient (Wildman–Crippen LogP) is 3.15. The van der Waals surface area contributed by atoms with Crippen LogP contribution in [0.4, 0.5) is 5.82 Å². The fourth-order valence-corrected chi connectivity index (χ4v) is 2.41. The number of halogens is 1. The van der Waals surface area contributed by atoms with Crippen LogP contribution >= 0.6 is 15.9 Å². The molecule has 3 heterocycles. The zero-order chi connectivity index (χ0) is 15.7. The highest BCUT2D eigenvalue weighted by Crippen LogP contribution is 2.32. The second-order valence-corrected chi connectivity index (χ2v) is 5.85. The predicted molar refractivity (Wildman–Crippen MR) is 82.6 cm³/mol. The van der Waals surface area contributed by atoms with Gasteiger partial charge in [0.25, 0.3) is 0 Å². The highest BCUT2D eigenvalue weighted by Gasteiger charge is 2.32. The SMILES string of the molecule is Cc1cccnc1C(C)Oc1cc(Br)cnc1/[N+](O)=C1\CO1. The van der Waals surface area contributed by atoms with Crippen LogP contribution in [0, 0.1) is 6.92 Å². The Bertz CT molecular complexity index is 743. The molecule has 114 valence electrons. The number of rotatable bonds is 4. The van der Waals surface area contributed by atoms with Crippen LogP contribution in [0.15, 0.2) is 35.1 Å². The summed E-state index contributed by atoms with van der Waals surface area (Å²) in [6, 6.07) is 5.62. The Labute approximate surface area is 136 Å². The van der Waals surface area contributed by atoms with Crippen molar-refractivity contribution in [1.82, 2.24) is 9.97 Å². The van der Waals surface area contributed by atoms with Crippen LogP contribution in [0.3, 0.4) is 0 Å². The summed E-state index contributed by atoms with van der Waals surface area (Å²) in [5.74, 6) is 1.18. The molecule has 1 atom stereocenters. The first kappa shape index (κ1) is 14.8. The van der Waals surface area contributed by atoms with E-state index in [0.29, 0.717) is 18.3 Å². The van der Waals surface area contributed by atoms with Gasteiger partial charge in [0.05, 0.1) is 10.2 Å². The summed E-state index contributed by atoms with van der Waals surface area (Å²) in [6.45, 7) is 4.28. The molecule has 0 radical (unpaired) electrons. The van der Waals surface area contributed by atoms with E-state index in [0.717, 1.165) is 20.5 Å². The number of ether oxygens (including phenoxy) is 2. The minimum absolute atomic E-state index is 0.283. The van der Waals surface area contributed by atoms with Crippen molar-refractivity contribution >= 4 is 27.6 Å². The summed E-state index contributed by atoms with van der Waals surface area (Å²) in [5.41, 5.74) is 1.88. The van der Waals surface area contributed by atoms with Crippen molar-refractivity contribution in [3.63, 3.8) is 0 Å². The maximum Gasteiger partial charge on any atom is 0.407 e. The molecular weight excluding hydrogens is 350 g/mol. The molecule has 6 nitrogen and oxygen atoms in total. The first-order valence-corrected chi connectivity index (χ1v) is 7.57. The van der Waals surface area contributed by atoms with E-state index in [1.165, 1.54) is 0 Å². The fraction of sp³-hybridized carbons (Fsp3) is 0.267. The number of hydrogen-bond acceptors (Lipinski definition) is 5. The molecule has 2 aromatic rings. The first-order chi connectivity index (χ1) is 10.6. The minimum atomic E-state index is -0.283. The molecule has 22 heavy (non-hydrogen) atoms. The van der Waals surface area contributed by atoms with Crippen LogP contribution in [0.2, 0.25) is 0 Å². The number of aryl methyl sites for hydroxylation is 1. The zero-order valence-corrected chi connectivity index (χ0v) is 13.7. The smallest absolute Gasteiger partial charge is 0.407 e. The van der Waals surface area contributed by atoms with Gasteiger partial charge in [-0.2, -0.15) is 0 Å². The van der Waals surface area contributed by atoms with Gasteiger partial charge in [-0.25, -0.2) is 0 Å². The van der Waals surface area contributed by atoms with E-state index in [9.17, 15) is 5.21 Å². The van der Waals surface area contributed by atoms with Gasteiger partial charge < -0.3 is 14.7 Å². The third kappa shape index (κ3) is 3.04. The van der Waals surface area contributed by atoms with Gasteiger partial charge in [-0.15, -0.1) is 0 Å². The molecule has 1 N–H and O–H groups in total. The normalized spacial score (nSPS) is 16.7. The maximum absolute atomic E-state index is 10.1. The Balaban J connectivity index is 1.93. The van der Waals surface area contributed by atoms with Gasteiger partial charge in [0.15, 0.2) is 12.8 Å². The maximum atomic E-state index is 10.1. The zero-order valence-electron chi connectivity index (χ0n) is 12.2. The summed E-state index contributed by atoms with van der Waals surface area (Å²) < 4.78 is 12.6. The lowest BCUT2D eigenvalue weighted by atomic mass is 10.1. The molecule has 2 aromatic heterocycles. The van der Waals surface area contributed by atoms with Crippen molar-refractivity contribution in [3.05, 3.63) is 46.3 Å². The molecule has 1 saturated heterocycles. The monoisotopic (exact) mass is 364 g/mol. The number of nitrogens with zero attached hydrogens (tertiary/aromatic N) is 3. The Kier molecular flexibility index (Phi) is 3.98. The summed E-state index contributed by atoms with van der Waals surface area (Å²) in [7, 11) is 0. The molecule has 0 spiro atoms. The third-order valence-corrected chi connectivity index (χ3v) is 3.68. The summed E-state index contributed by atoms with van der Waals surface area (Å²) >= 11 is 3.36. The molecule has 0 saturated carbocycles. The Morgan fingerprint density at radius 1 is 1.45 bits per heavy atom. The number of epoxide rings is 1. The van der Waals surface area contributed by atoms with E-state index in [4.69, 9.17) is 9.47 Å². The van der Waals surface area contributed by atoms with Gasteiger partial charge in [-0.05, 0) is 51.1 Å². The first-order valence-electron chi connectivity index (χ1n) is 6.77. The van der Waals surface area contributed by atoms with Crippen molar-refractivity contribution in [2.24, 2.45) is 0 Å². The quantitative estimate of drug-likeness (QED) is 0.390. The van der Waals surface area contributed by atoms with E-state index in [2.05, 4.69) is 25.9 Å². The molecule has 1 aliphatic rings. The van der Waals surface area contributed by atoms with Crippen molar-refractivity contribution in [3.8, 4) is 5.75 Å². The molecular formula is C15H15BrN3O3+. The molecule has 0 bridgehead atoms. The Morgan fingerprint density at radius 3 is 2.91 bits per heavy atom. The fourth-order valence-electron chi connectivity index (χ4n) is 2.10. The van der Waals surface area contributed by atoms with E-state index >= 15 is 0 Å². The third-order valence-electron chi connectivity index (χ3n) is 3.25. The second kappa shape index (κ2) is 5.92. The average Bonchev–Trinajstić information content (AvgIpc) is 3.32. The number of pyridine rings is 2. The van der Waals surface area contributed by atoms with Gasteiger partial charge in [-0.1, -0.05) is 6.07 Å². The van der Waals surface area contributed by atoms with E-state index < -0.39 is 0 Å². The summed E-state index contributed by atoms with van der Waals surface area (Å²) in [5, 5.41) is 10.1. The standard InChI is InChI=1S/C15H15BrN3O3/c1-9-4-3-5-17-14(9)10(2)22-12-6-11(16)7-18-15(12)19(20)13-8-21-13/h3-7,10,20H,8H2,1-2H3/q+1/b19-13-. The number of aromatic nitrogens is 2. The summed E-state index contributed by atoms with van der Waals surface area (Å²) in [4.78, 5) is 8.55. The lowest BCUT2D eigenvalue weighted by Gasteiger charge is -2.15. The van der Waals surface area contributed by atoms with Gasteiger partial charge in [-0.3, -0.25) is 4.98 Å². The van der Waals surface area contributed by atoms with Crippen molar-refractivity contribution in [2.75, 3.05) is 6.61 Å². The molecule has 3 rings (SSSR count). The van der Waals surface area contributed by atoms with Crippen molar-refractivity contribution < 1.29 is 19.4 Å². The van der Waals surface area contributed by atoms with E-state index in [1.54, 1.807) is 18.5 Å². The van der Waals surface area contributed by atoms with E-state index in [1.807, 2.05) is 26.0 Å². The van der Waals surface area contributed by atoms with Gasteiger partial charge in [0.1, 0.15) is 6.10 Å². The van der Waals surface area contributed by atoms with Crippen LogP contribution in [0.5, 0.6) is 5.75 Å². The largest absolute Gasteiger partial charge is 0.476 e. The van der Waals surface area contributed by atoms with Crippen LogP contribution in [-0.4, -0.2) is 32.4 Å². The van der Waals surface area contributed by atoms with E-state index in [-0.39, 0.29) is 11.9 Å². The Hall–Kier alpha value is -2.15. The van der Waals surface area contributed by atoms with Crippen LogP contribution in [0.1, 0.15) is 24.3 Å². The van der Waals surface area contributed by atoms with Gasteiger partial charge in [0, 0.05) is 12.3 Å². The lowest BCUT2D eigenvalue weighted by molar-refractivity contribution is -0.716. The van der Waals surface area contributed by atoms with Crippen LogP contribution in [0.25, 0.3) is 0 Å². The molecule has 7 heteroatoms. The highest BCUT2D eigenvalue weighted by molar-refractivity contribution is 9.10. The average molecular weight is 365 g/mol. The minimum Gasteiger partial charge on any atom is -0.476 e.